The summed E-state index contributed by atoms with van der Waals surface area (Å²) in [5, 5.41) is 0. The zero-order valence-corrected chi connectivity index (χ0v) is 13.6. The van der Waals surface area contributed by atoms with Gasteiger partial charge in [0, 0.05) is 17.9 Å². The van der Waals surface area contributed by atoms with E-state index in [0.717, 1.165) is 36.7 Å². The summed E-state index contributed by atoms with van der Waals surface area (Å²) in [4.78, 5) is 2.36. The lowest BCUT2D eigenvalue weighted by atomic mass is 10.0. The Balaban J connectivity index is 1.56. The lowest BCUT2D eigenvalue weighted by Gasteiger charge is -2.31. The number of aryl methyl sites for hydroxylation is 1. The average Bonchev–Trinajstić information content (AvgIpc) is 2.57. The number of fused-ring (bicyclic) bond motifs is 1. The molecule has 0 saturated carbocycles. The average molecular weight is 312 g/mol. The molecule has 1 aliphatic heterocycles. The first-order valence-corrected chi connectivity index (χ1v) is 8.25. The van der Waals surface area contributed by atoms with E-state index in [9.17, 15) is 0 Å². The number of nitrogens with two attached hydrogens (primary N) is 1. The van der Waals surface area contributed by atoms with Crippen molar-refractivity contribution in [1.29, 1.82) is 0 Å². The molecule has 2 N–H and O–H groups in total. The number of hydrogen-bond donors (Lipinski definition) is 1. The molecule has 0 saturated heterocycles. The van der Waals surface area contributed by atoms with E-state index in [1.807, 2.05) is 37.3 Å². The fourth-order valence-electron chi connectivity index (χ4n) is 2.97. The second-order valence-corrected chi connectivity index (χ2v) is 5.73. The van der Waals surface area contributed by atoms with Gasteiger partial charge in [-0.15, -0.1) is 0 Å². The Kier molecular flexibility index (Phi) is 4.91. The number of benzene rings is 2. The Morgan fingerprint density at radius 1 is 1.04 bits per heavy atom. The second-order valence-electron chi connectivity index (χ2n) is 5.73. The van der Waals surface area contributed by atoms with Gasteiger partial charge in [0.15, 0.2) is 0 Å². The first-order chi connectivity index (χ1) is 11.3. The summed E-state index contributed by atoms with van der Waals surface area (Å²) >= 11 is 0. The molecule has 0 aliphatic carbocycles. The normalized spacial score (nSPS) is 13.5. The summed E-state index contributed by atoms with van der Waals surface area (Å²) in [5.74, 6) is 1.75. The van der Waals surface area contributed by atoms with Gasteiger partial charge in [-0.1, -0.05) is 6.07 Å². The molecule has 0 spiro atoms. The smallest absolute Gasteiger partial charge is 0.119 e. The van der Waals surface area contributed by atoms with Crippen molar-refractivity contribution in [3.63, 3.8) is 0 Å². The van der Waals surface area contributed by atoms with Gasteiger partial charge in [0.1, 0.15) is 18.1 Å². The van der Waals surface area contributed by atoms with E-state index in [0.29, 0.717) is 13.2 Å². The van der Waals surface area contributed by atoms with E-state index in [1.165, 1.54) is 17.7 Å². The summed E-state index contributed by atoms with van der Waals surface area (Å²) in [5.41, 5.74) is 9.39. The fourth-order valence-corrected chi connectivity index (χ4v) is 2.97. The minimum atomic E-state index is 0.655. The van der Waals surface area contributed by atoms with Crippen LogP contribution in [0.15, 0.2) is 42.5 Å². The number of rotatable bonds is 6. The van der Waals surface area contributed by atoms with Crippen LogP contribution in [-0.2, 0) is 6.42 Å². The van der Waals surface area contributed by atoms with Gasteiger partial charge in [-0.3, -0.25) is 0 Å². The summed E-state index contributed by atoms with van der Waals surface area (Å²) < 4.78 is 11.3. The maximum Gasteiger partial charge on any atom is 0.119 e. The van der Waals surface area contributed by atoms with Gasteiger partial charge in [0.2, 0.25) is 0 Å². The maximum absolute atomic E-state index is 5.93. The van der Waals surface area contributed by atoms with Crippen molar-refractivity contribution < 1.29 is 9.47 Å². The van der Waals surface area contributed by atoms with Crippen molar-refractivity contribution >= 4 is 11.4 Å². The predicted octanol–water partition coefficient (Wildman–Crippen LogP) is 3.50. The Morgan fingerprint density at radius 2 is 1.78 bits per heavy atom. The first-order valence-electron chi connectivity index (χ1n) is 8.25. The van der Waals surface area contributed by atoms with Crippen LogP contribution in [0.4, 0.5) is 11.4 Å². The van der Waals surface area contributed by atoms with Crippen molar-refractivity contribution in [2.75, 3.05) is 36.9 Å². The number of nitrogens with zero attached hydrogens (tertiary/aromatic N) is 1. The molecular formula is C19H24N2O2. The van der Waals surface area contributed by atoms with Crippen LogP contribution < -0.4 is 20.1 Å². The molecule has 2 aromatic rings. The van der Waals surface area contributed by atoms with Crippen molar-refractivity contribution in [2.24, 2.45) is 0 Å². The minimum Gasteiger partial charge on any atom is -0.494 e. The van der Waals surface area contributed by atoms with Crippen LogP contribution in [-0.4, -0.2) is 26.3 Å². The molecule has 4 heteroatoms. The lowest BCUT2D eigenvalue weighted by Crippen LogP contribution is -2.33. The maximum atomic E-state index is 5.93. The first kappa shape index (κ1) is 15.5. The van der Waals surface area contributed by atoms with E-state index in [1.54, 1.807) is 0 Å². The number of hydrogen-bond acceptors (Lipinski definition) is 4. The summed E-state index contributed by atoms with van der Waals surface area (Å²) in [6.07, 6.45) is 2.31. The van der Waals surface area contributed by atoms with Gasteiger partial charge < -0.3 is 20.1 Å². The Bertz CT molecular complexity index is 640. The quantitative estimate of drug-likeness (QED) is 0.829. The van der Waals surface area contributed by atoms with Crippen LogP contribution in [0.5, 0.6) is 11.5 Å². The van der Waals surface area contributed by atoms with E-state index in [-0.39, 0.29) is 0 Å². The highest BCUT2D eigenvalue weighted by molar-refractivity contribution is 5.62. The third kappa shape index (κ3) is 3.89. The zero-order chi connectivity index (χ0) is 16.1. The zero-order valence-electron chi connectivity index (χ0n) is 13.6. The molecule has 0 aromatic heterocycles. The molecule has 0 bridgehead atoms. The van der Waals surface area contributed by atoms with Gasteiger partial charge in [-0.05, 0) is 61.7 Å². The number of nitrogen functional groups attached to an aromatic ring is 1. The van der Waals surface area contributed by atoms with Crippen LogP contribution in [0.1, 0.15) is 18.9 Å². The molecule has 0 fully saturated rings. The van der Waals surface area contributed by atoms with Gasteiger partial charge in [-0.25, -0.2) is 0 Å². The largest absolute Gasteiger partial charge is 0.494 e. The van der Waals surface area contributed by atoms with Gasteiger partial charge in [0.25, 0.3) is 0 Å². The van der Waals surface area contributed by atoms with Crippen LogP contribution in [0.25, 0.3) is 0 Å². The topological polar surface area (TPSA) is 47.7 Å². The third-order valence-corrected chi connectivity index (χ3v) is 4.09. The summed E-state index contributed by atoms with van der Waals surface area (Å²) in [7, 11) is 0. The van der Waals surface area contributed by atoms with Crippen LogP contribution >= 0.6 is 0 Å². The standard InChI is InChI=1S/C19H24N2O2/c1-2-22-17-7-9-18(10-8-17)23-13-12-21-11-3-4-15-5-6-16(20)14-19(15)21/h5-10,14H,2-4,11-13,20H2,1H3. The Hall–Kier alpha value is -2.36. The molecule has 2 aromatic carbocycles. The van der Waals surface area contributed by atoms with E-state index < -0.39 is 0 Å². The Morgan fingerprint density at radius 3 is 2.52 bits per heavy atom. The highest BCUT2D eigenvalue weighted by Crippen LogP contribution is 2.29. The second kappa shape index (κ2) is 7.27. The molecule has 0 atom stereocenters. The van der Waals surface area contributed by atoms with E-state index >= 15 is 0 Å². The van der Waals surface area contributed by atoms with Crippen molar-refractivity contribution in [2.45, 2.75) is 19.8 Å². The van der Waals surface area contributed by atoms with Crippen LogP contribution in [0, 0.1) is 0 Å². The minimum absolute atomic E-state index is 0.655. The van der Waals surface area contributed by atoms with Crippen LogP contribution in [0.3, 0.4) is 0 Å². The highest BCUT2D eigenvalue weighted by atomic mass is 16.5. The number of anilines is 2. The third-order valence-electron chi connectivity index (χ3n) is 4.09. The molecule has 4 nitrogen and oxygen atoms in total. The highest BCUT2D eigenvalue weighted by Gasteiger charge is 2.16. The molecule has 1 aliphatic rings. The van der Waals surface area contributed by atoms with Crippen LogP contribution in [0.2, 0.25) is 0 Å². The molecule has 1 heterocycles. The predicted molar refractivity (Wildman–Crippen MR) is 94.5 cm³/mol. The van der Waals surface area contributed by atoms with Gasteiger partial charge >= 0.3 is 0 Å². The molecule has 0 amide bonds. The molecule has 0 unspecified atom stereocenters. The van der Waals surface area contributed by atoms with E-state index in [2.05, 4.69) is 17.0 Å². The fraction of sp³-hybridized carbons (Fsp3) is 0.368. The molecule has 122 valence electrons. The molecule has 23 heavy (non-hydrogen) atoms. The summed E-state index contributed by atoms with van der Waals surface area (Å²) in [6, 6.07) is 14.0. The summed E-state index contributed by atoms with van der Waals surface area (Å²) in [6.45, 7) is 5.24. The molecular weight excluding hydrogens is 288 g/mol. The van der Waals surface area contributed by atoms with Crippen molar-refractivity contribution in [1.82, 2.24) is 0 Å². The van der Waals surface area contributed by atoms with Gasteiger partial charge in [-0.2, -0.15) is 0 Å². The van der Waals surface area contributed by atoms with Crippen molar-refractivity contribution in [3.8, 4) is 11.5 Å². The number of ether oxygens (including phenoxy) is 2. The SMILES string of the molecule is CCOc1ccc(OCCN2CCCc3ccc(N)cc32)cc1. The molecule has 0 radical (unpaired) electrons. The van der Waals surface area contributed by atoms with E-state index in [4.69, 9.17) is 15.2 Å². The molecule has 3 rings (SSSR count). The lowest BCUT2D eigenvalue weighted by molar-refractivity contribution is 0.318. The Labute approximate surface area is 137 Å². The van der Waals surface area contributed by atoms with Gasteiger partial charge in [0.05, 0.1) is 13.2 Å². The monoisotopic (exact) mass is 312 g/mol. The van der Waals surface area contributed by atoms with Crippen molar-refractivity contribution in [3.05, 3.63) is 48.0 Å².